The van der Waals surface area contributed by atoms with E-state index in [1.54, 1.807) is 12.3 Å². The molecule has 6 nitrogen and oxygen atoms in total. The van der Waals surface area contributed by atoms with Gasteiger partial charge < -0.3 is 5.11 Å². The second kappa shape index (κ2) is 6.99. The van der Waals surface area contributed by atoms with E-state index in [4.69, 9.17) is 5.11 Å². The van der Waals surface area contributed by atoms with Crippen LogP contribution in [0, 0.1) is 0 Å². The molecule has 0 fully saturated rings. The molecular formula is C14H16N2O4S2. The summed E-state index contributed by atoms with van der Waals surface area (Å²) in [5.74, 6) is -1.04. The standard InChI is InChI=1S/C14H16N2O4S2/c1-10(12-4-2-3-7-15-12)9-16-22(19,20)14-6-5-11(21-14)8-13(17)18/h2-7,10,16H,8-9H2,1H3,(H,17,18). The first kappa shape index (κ1) is 16.6. The van der Waals surface area contributed by atoms with Gasteiger partial charge in [0.15, 0.2) is 0 Å². The van der Waals surface area contributed by atoms with Gasteiger partial charge in [0.25, 0.3) is 0 Å². The van der Waals surface area contributed by atoms with Crippen LogP contribution in [-0.2, 0) is 21.2 Å². The van der Waals surface area contributed by atoms with Gasteiger partial charge in [-0.05, 0) is 24.3 Å². The number of hydrogen-bond donors (Lipinski definition) is 2. The van der Waals surface area contributed by atoms with Crippen LogP contribution in [0.25, 0.3) is 0 Å². The highest BCUT2D eigenvalue weighted by Gasteiger charge is 2.19. The number of hydrogen-bond acceptors (Lipinski definition) is 5. The maximum absolute atomic E-state index is 12.2. The largest absolute Gasteiger partial charge is 0.481 e. The Kier molecular flexibility index (Phi) is 5.28. The minimum absolute atomic E-state index is 0.0607. The van der Waals surface area contributed by atoms with Gasteiger partial charge in [0.1, 0.15) is 4.21 Å². The summed E-state index contributed by atoms with van der Waals surface area (Å²) in [6.45, 7) is 2.11. The van der Waals surface area contributed by atoms with Crippen LogP contribution in [-0.4, -0.2) is 31.0 Å². The lowest BCUT2D eigenvalue weighted by molar-refractivity contribution is -0.136. The van der Waals surface area contributed by atoms with E-state index in [-0.39, 0.29) is 23.1 Å². The van der Waals surface area contributed by atoms with Gasteiger partial charge in [0.2, 0.25) is 10.0 Å². The second-order valence-electron chi connectivity index (χ2n) is 4.80. The Labute approximate surface area is 132 Å². The van der Waals surface area contributed by atoms with Crippen molar-refractivity contribution in [2.24, 2.45) is 0 Å². The van der Waals surface area contributed by atoms with Crippen molar-refractivity contribution < 1.29 is 18.3 Å². The molecule has 2 heterocycles. The normalized spacial score (nSPS) is 13.0. The zero-order valence-electron chi connectivity index (χ0n) is 11.9. The van der Waals surface area contributed by atoms with E-state index in [0.717, 1.165) is 17.0 Å². The molecule has 118 valence electrons. The minimum Gasteiger partial charge on any atom is -0.481 e. The zero-order chi connectivity index (χ0) is 16.2. The number of rotatable bonds is 7. The molecule has 0 bridgehead atoms. The number of aliphatic carboxylic acids is 1. The van der Waals surface area contributed by atoms with Gasteiger partial charge >= 0.3 is 5.97 Å². The second-order valence-corrected chi connectivity index (χ2v) is 7.96. The molecule has 0 amide bonds. The molecule has 0 aromatic carbocycles. The van der Waals surface area contributed by atoms with E-state index in [9.17, 15) is 13.2 Å². The average molecular weight is 340 g/mol. The van der Waals surface area contributed by atoms with Crippen molar-refractivity contribution in [2.75, 3.05) is 6.54 Å². The predicted octanol–water partition coefficient (Wildman–Crippen LogP) is 1.85. The third-order valence-electron chi connectivity index (χ3n) is 3.00. The van der Waals surface area contributed by atoms with Crippen molar-refractivity contribution in [3.8, 4) is 0 Å². The molecule has 0 spiro atoms. The van der Waals surface area contributed by atoms with E-state index in [1.165, 1.54) is 12.1 Å². The van der Waals surface area contributed by atoms with Gasteiger partial charge in [-0.25, -0.2) is 13.1 Å². The molecule has 0 aliphatic rings. The van der Waals surface area contributed by atoms with E-state index >= 15 is 0 Å². The number of sulfonamides is 1. The number of nitrogens with one attached hydrogen (secondary N) is 1. The van der Waals surface area contributed by atoms with Gasteiger partial charge in [-0.1, -0.05) is 13.0 Å². The fraction of sp³-hybridized carbons (Fsp3) is 0.286. The summed E-state index contributed by atoms with van der Waals surface area (Å²) < 4.78 is 27.1. The minimum atomic E-state index is -3.63. The summed E-state index contributed by atoms with van der Waals surface area (Å²) in [5.41, 5.74) is 0.808. The summed E-state index contributed by atoms with van der Waals surface area (Å²) >= 11 is 0.969. The van der Waals surface area contributed by atoms with Crippen LogP contribution in [0.4, 0.5) is 0 Å². The van der Waals surface area contributed by atoms with E-state index in [1.807, 2.05) is 19.1 Å². The number of thiophene rings is 1. The summed E-state index contributed by atoms with van der Waals surface area (Å²) in [6.07, 6.45) is 1.49. The molecule has 22 heavy (non-hydrogen) atoms. The van der Waals surface area contributed by atoms with E-state index in [2.05, 4.69) is 9.71 Å². The third kappa shape index (κ3) is 4.36. The highest BCUT2D eigenvalue weighted by molar-refractivity contribution is 7.91. The Morgan fingerprint density at radius 3 is 2.77 bits per heavy atom. The van der Waals surface area contributed by atoms with Gasteiger partial charge in [0.05, 0.1) is 6.42 Å². The lowest BCUT2D eigenvalue weighted by Crippen LogP contribution is -2.27. The van der Waals surface area contributed by atoms with Crippen molar-refractivity contribution in [1.82, 2.24) is 9.71 Å². The number of nitrogens with zero attached hydrogens (tertiary/aromatic N) is 1. The third-order valence-corrected chi connectivity index (χ3v) is 6.00. The Bertz CT molecular complexity index is 741. The average Bonchev–Trinajstić information content (AvgIpc) is 2.94. The Morgan fingerprint density at radius 2 is 2.14 bits per heavy atom. The van der Waals surface area contributed by atoms with Gasteiger partial charge in [-0.3, -0.25) is 9.78 Å². The Morgan fingerprint density at radius 1 is 1.36 bits per heavy atom. The Balaban J connectivity index is 2.02. The topological polar surface area (TPSA) is 96.4 Å². The van der Waals surface area contributed by atoms with E-state index < -0.39 is 16.0 Å². The van der Waals surface area contributed by atoms with Gasteiger partial charge in [-0.2, -0.15) is 0 Å². The molecular weight excluding hydrogens is 324 g/mol. The first-order chi connectivity index (χ1) is 10.4. The van der Waals surface area contributed by atoms with Crippen molar-refractivity contribution >= 4 is 27.3 Å². The van der Waals surface area contributed by atoms with Crippen LogP contribution in [0.5, 0.6) is 0 Å². The highest BCUT2D eigenvalue weighted by Crippen LogP contribution is 2.22. The summed E-state index contributed by atoms with van der Waals surface area (Å²) in [6, 6.07) is 8.45. The molecule has 2 N–H and O–H groups in total. The lowest BCUT2D eigenvalue weighted by Gasteiger charge is -2.11. The maximum atomic E-state index is 12.2. The molecule has 1 atom stereocenters. The molecule has 8 heteroatoms. The van der Waals surface area contributed by atoms with Crippen LogP contribution in [0.1, 0.15) is 23.4 Å². The first-order valence-electron chi connectivity index (χ1n) is 6.59. The predicted molar refractivity (Wildman–Crippen MR) is 83.5 cm³/mol. The quantitative estimate of drug-likeness (QED) is 0.802. The number of carboxylic acids is 1. The molecule has 2 aromatic rings. The van der Waals surface area contributed by atoms with Crippen molar-refractivity contribution in [3.05, 3.63) is 47.1 Å². The van der Waals surface area contributed by atoms with Crippen LogP contribution in [0.3, 0.4) is 0 Å². The molecule has 0 saturated carbocycles. The monoisotopic (exact) mass is 340 g/mol. The molecule has 2 rings (SSSR count). The smallest absolute Gasteiger partial charge is 0.308 e. The molecule has 1 unspecified atom stereocenters. The summed E-state index contributed by atoms with van der Waals surface area (Å²) in [4.78, 5) is 15.3. The maximum Gasteiger partial charge on any atom is 0.308 e. The van der Waals surface area contributed by atoms with Crippen molar-refractivity contribution in [3.63, 3.8) is 0 Å². The van der Waals surface area contributed by atoms with E-state index in [0.29, 0.717) is 4.88 Å². The number of carboxylic acid groups (broad SMARTS) is 1. The molecule has 2 aromatic heterocycles. The Hall–Kier alpha value is -1.77. The molecule has 0 aliphatic heterocycles. The molecule has 0 radical (unpaired) electrons. The first-order valence-corrected chi connectivity index (χ1v) is 8.89. The molecule has 0 saturated heterocycles. The number of carbonyl (C=O) groups is 1. The fourth-order valence-electron chi connectivity index (χ4n) is 1.82. The summed E-state index contributed by atoms with van der Waals surface area (Å²) in [7, 11) is -3.63. The number of aromatic nitrogens is 1. The van der Waals surface area contributed by atoms with Crippen molar-refractivity contribution in [1.29, 1.82) is 0 Å². The van der Waals surface area contributed by atoms with Crippen LogP contribution in [0.15, 0.2) is 40.7 Å². The van der Waals surface area contributed by atoms with Gasteiger partial charge in [0, 0.05) is 29.2 Å². The van der Waals surface area contributed by atoms with Crippen LogP contribution >= 0.6 is 11.3 Å². The molecule has 0 aliphatic carbocycles. The van der Waals surface area contributed by atoms with Crippen LogP contribution < -0.4 is 4.72 Å². The van der Waals surface area contributed by atoms with Gasteiger partial charge in [-0.15, -0.1) is 11.3 Å². The lowest BCUT2D eigenvalue weighted by atomic mass is 10.1. The number of pyridine rings is 1. The van der Waals surface area contributed by atoms with Crippen LogP contribution in [0.2, 0.25) is 0 Å². The SMILES string of the molecule is CC(CNS(=O)(=O)c1ccc(CC(=O)O)s1)c1ccccn1. The fourth-order valence-corrected chi connectivity index (χ4v) is 4.35. The van der Waals surface area contributed by atoms with Crippen molar-refractivity contribution in [2.45, 2.75) is 23.5 Å². The zero-order valence-corrected chi connectivity index (χ0v) is 13.5. The highest BCUT2D eigenvalue weighted by atomic mass is 32.2. The summed E-state index contributed by atoms with van der Waals surface area (Å²) in [5, 5.41) is 8.72.